The number of rotatable bonds is 6. The summed E-state index contributed by atoms with van der Waals surface area (Å²) in [6, 6.07) is 2.06. The fourth-order valence-corrected chi connectivity index (χ4v) is 2.46. The van der Waals surface area contributed by atoms with Gasteiger partial charge in [-0.25, -0.2) is 13.8 Å². The van der Waals surface area contributed by atoms with Crippen LogP contribution in [0, 0.1) is 11.6 Å². The smallest absolute Gasteiger partial charge is 0.229 e. The maximum atomic E-state index is 14.0. The first kappa shape index (κ1) is 18.0. The molecule has 0 spiro atoms. The molecule has 3 rings (SSSR count). The molecule has 10 heteroatoms. The van der Waals surface area contributed by atoms with Gasteiger partial charge in [-0.1, -0.05) is 11.6 Å². The fraction of sp³-hybridized carbons (Fsp3) is 0.188. The second-order valence-corrected chi connectivity index (χ2v) is 5.87. The Balaban J connectivity index is 1.85. The van der Waals surface area contributed by atoms with Crippen LogP contribution in [0.25, 0.3) is 0 Å². The summed E-state index contributed by atoms with van der Waals surface area (Å²) in [5, 5.41) is 19.5. The van der Waals surface area contributed by atoms with Crippen molar-refractivity contribution in [3.8, 4) is 0 Å². The van der Waals surface area contributed by atoms with Crippen molar-refractivity contribution >= 4 is 29.1 Å². The van der Waals surface area contributed by atoms with E-state index in [-0.39, 0.29) is 22.4 Å². The number of nitrogens with one attached hydrogen (secondary N) is 2. The molecule has 2 aromatic heterocycles. The van der Waals surface area contributed by atoms with Crippen molar-refractivity contribution in [1.29, 1.82) is 0 Å². The van der Waals surface area contributed by atoms with Crippen LogP contribution in [0.15, 0.2) is 36.8 Å². The van der Waals surface area contributed by atoms with Crippen LogP contribution in [0.3, 0.4) is 0 Å². The minimum absolute atomic E-state index is 0.0380. The van der Waals surface area contributed by atoms with Crippen LogP contribution in [-0.4, -0.2) is 31.5 Å². The largest absolute Gasteiger partial charge is 0.394 e. The Morgan fingerprint density at radius 3 is 2.81 bits per heavy atom. The van der Waals surface area contributed by atoms with Crippen LogP contribution >= 0.6 is 11.6 Å². The Hall–Kier alpha value is -2.78. The normalized spacial score (nSPS) is 12.0. The van der Waals surface area contributed by atoms with E-state index in [0.29, 0.717) is 5.69 Å². The van der Waals surface area contributed by atoms with Crippen molar-refractivity contribution in [2.24, 2.45) is 7.05 Å². The number of anilines is 3. The zero-order valence-corrected chi connectivity index (χ0v) is 14.4. The molecule has 0 amide bonds. The summed E-state index contributed by atoms with van der Waals surface area (Å²) >= 11 is 6.08. The average molecular weight is 381 g/mol. The predicted octanol–water partition coefficient (Wildman–Crippen LogP) is 3.03. The van der Waals surface area contributed by atoms with E-state index < -0.39 is 24.3 Å². The molecule has 7 nitrogen and oxygen atoms in total. The van der Waals surface area contributed by atoms with Gasteiger partial charge in [-0.3, -0.25) is 4.68 Å². The molecule has 0 bridgehead atoms. The first-order chi connectivity index (χ1) is 12.5. The van der Waals surface area contributed by atoms with Crippen LogP contribution in [0.5, 0.6) is 0 Å². The maximum absolute atomic E-state index is 14.0. The van der Waals surface area contributed by atoms with Gasteiger partial charge in [0.15, 0.2) is 5.82 Å². The second-order valence-electron chi connectivity index (χ2n) is 5.46. The van der Waals surface area contributed by atoms with Gasteiger partial charge in [0.2, 0.25) is 5.95 Å². The molecule has 0 radical (unpaired) electrons. The van der Waals surface area contributed by atoms with Crippen molar-refractivity contribution < 1.29 is 13.9 Å². The van der Waals surface area contributed by atoms with Gasteiger partial charge in [-0.05, 0) is 18.2 Å². The lowest BCUT2D eigenvalue weighted by atomic mass is 10.1. The molecule has 26 heavy (non-hydrogen) atoms. The highest BCUT2D eigenvalue weighted by Crippen LogP contribution is 2.27. The van der Waals surface area contributed by atoms with Gasteiger partial charge in [0.1, 0.15) is 16.7 Å². The summed E-state index contributed by atoms with van der Waals surface area (Å²) in [6.45, 7) is -0.494. The number of nitrogens with zero attached hydrogens (tertiary/aromatic N) is 4. The highest BCUT2D eigenvalue weighted by atomic mass is 35.5. The molecule has 3 aromatic rings. The molecule has 1 atom stereocenters. The third-order valence-electron chi connectivity index (χ3n) is 3.53. The molecule has 1 aromatic carbocycles. The number of aryl methyl sites for hydroxylation is 1. The quantitative estimate of drug-likeness (QED) is 0.609. The number of aromatic nitrogens is 4. The van der Waals surface area contributed by atoms with Crippen LogP contribution in [0.4, 0.5) is 26.2 Å². The molecular formula is C16H15ClF2N6O. The third-order valence-corrected chi connectivity index (χ3v) is 3.81. The first-order valence-electron chi connectivity index (χ1n) is 7.57. The minimum atomic E-state index is -0.940. The highest BCUT2D eigenvalue weighted by molar-refractivity contribution is 6.32. The third kappa shape index (κ3) is 4.06. The average Bonchev–Trinajstić information content (AvgIpc) is 3.02. The van der Waals surface area contributed by atoms with Crippen LogP contribution in [0.1, 0.15) is 11.6 Å². The van der Waals surface area contributed by atoms with Gasteiger partial charge in [0, 0.05) is 18.8 Å². The van der Waals surface area contributed by atoms with E-state index in [4.69, 9.17) is 11.6 Å². The van der Waals surface area contributed by atoms with Crippen LogP contribution in [0.2, 0.25) is 5.02 Å². The van der Waals surface area contributed by atoms with E-state index in [1.54, 1.807) is 24.1 Å². The van der Waals surface area contributed by atoms with Gasteiger partial charge in [-0.15, -0.1) is 0 Å². The summed E-state index contributed by atoms with van der Waals surface area (Å²) in [5.41, 5.74) is 0.625. The minimum Gasteiger partial charge on any atom is -0.394 e. The second kappa shape index (κ2) is 7.63. The molecule has 0 fully saturated rings. The monoisotopic (exact) mass is 380 g/mol. The Morgan fingerprint density at radius 2 is 2.12 bits per heavy atom. The van der Waals surface area contributed by atoms with Crippen molar-refractivity contribution in [3.05, 3.63) is 59.0 Å². The van der Waals surface area contributed by atoms with Gasteiger partial charge in [0.25, 0.3) is 0 Å². The number of halogens is 3. The molecular weight excluding hydrogens is 366 g/mol. The van der Waals surface area contributed by atoms with Crippen molar-refractivity contribution in [1.82, 2.24) is 19.7 Å². The predicted molar refractivity (Wildman–Crippen MR) is 93.3 cm³/mol. The van der Waals surface area contributed by atoms with E-state index in [1.165, 1.54) is 6.20 Å². The zero-order valence-electron chi connectivity index (χ0n) is 13.6. The number of benzene rings is 1. The van der Waals surface area contributed by atoms with E-state index in [1.807, 2.05) is 0 Å². The van der Waals surface area contributed by atoms with Gasteiger partial charge < -0.3 is 15.7 Å². The molecule has 136 valence electrons. The Kier molecular flexibility index (Phi) is 5.29. The van der Waals surface area contributed by atoms with Crippen molar-refractivity contribution in [2.45, 2.75) is 6.04 Å². The summed E-state index contributed by atoms with van der Waals surface area (Å²) in [7, 11) is 1.76. The molecule has 3 N–H and O–H groups in total. The SMILES string of the molecule is Cn1cc(Nc2ncc(Cl)c(N[C@H](CO)c3cc(F)ccc3F)n2)cn1. The number of aliphatic hydroxyl groups is 1. The van der Waals surface area contributed by atoms with Crippen molar-refractivity contribution in [2.75, 3.05) is 17.2 Å². The summed E-state index contributed by atoms with van der Waals surface area (Å²) in [4.78, 5) is 8.27. The van der Waals surface area contributed by atoms with Gasteiger partial charge >= 0.3 is 0 Å². The first-order valence-corrected chi connectivity index (χ1v) is 7.94. The molecule has 0 saturated carbocycles. The maximum Gasteiger partial charge on any atom is 0.229 e. The number of hydrogen-bond acceptors (Lipinski definition) is 6. The molecule has 2 heterocycles. The number of aliphatic hydroxyl groups excluding tert-OH is 1. The molecule has 0 aliphatic heterocycles. The Morgan fingerprint density at radius 1 is 1.31 bits per heavy atom. The van der Waals surface area contributed by atoms with Gasteiger partial charge in [0.05, 0.1) is 30.7 Å². The molecule has 0 aliphatic carbocycles. The van der Waals surface area contributed by atoms with Crippen molar-refractivity contribution in [3.63, 3.8) is 0 Å². The van der Waals surface area contributed by atoms with E-state index in [0.717, 1.165) is 18.2 Å². The fourth-order valence-electron chi connectivity index (χ4n) is 2.31. The number of hydrogen-bond donors (Lipinski definition) is 3. The molecule has 0 aliphatic rings. The summed E-state index contributed by atoms with van der Waals surface area (Å²) in [6.07, 6.45) is 4.67. The Labute approximate surface area is 152 Å². The van der Waals surface area contributed by atoms with Crippen LogP contribution in [-0.2, 0) is 7.05 Å². The van der Waals surface area contributed by atoms with Crippen LogP contribution < -0.4 is 10.6 Å². The Bertz CT molecular complexity index is 920. The topological polar surface area (TPSA) is 87.9 Å². The summed E-state index contributed by atoms with van der Waals surface area (Å²) < 4.78 is 29.0. The highest BCUT2D eigenvalue weighted by Gasteiger charge is 2.18. The van der Waals surface area contributed by atoms with E-state index >= 15 is 0 Å². The molecule has 0 saturated heterocycles. The standard InChI is InChI=1S/C16H15ClF2N6O/c1-25-7-10(5-21-25)22-16-20-6-12(17)15(24-16)23-14(8-26)11-4-9(18)2-3-13(11)19/h2-7,14,26H,8H2,1H3,(H2,20,22,23,24)/t14-/m1/s1. The van der Waals surface area contributed by atoms with Gasteiger partial charge in [-0.2, -0.15) is 10.1 Å². The lowest BCUT2D eigenvalue weighted by Gasteiger charge is -2.19. The zero-order chi connectivity index (χ0) is 18.7. The summed E-state index contributed by atoms with van der Waals surface area (Å²) in [5.74, 6) is -0.886. The van der Waals surface area contributed by atoms with E-state index in [2.05, 4.69) is 25.7 Å². The molecule has 0 unspecified atom stereocenters. The lowest BCUT2D eigenvalue weighted by Crippen LogP contribution is -2.18. The van der Waals surface area contributed by atoms with E-state index in [9.17, 15) is 13.9 Å². The lowest BCUT2D eigenvalue weighted by molar-refractivity contribution is 0.273.